The number of pyridine rings is 1. The van der Waals surface area contributed by atoms with Gasteiger partial charge in [0.15, 0.2) is 0 Å². The van der Waals surface area contributed by atoms with Gasteiger partial charge in [0.2, 0.25) is 0 Å². The lowest BCUT2D eigenvalue weighted by atomic mass is 10.3. The quantitative estimate of drug-likeness (QED) is 0.502. The maximum absolute atomic E-state index is 9.10. The number of nitrogens with one attached hydrogen (secondary N) is 1. The van der Waals surface area contributed by atoms with E-state index >= 15 is 0 Å². The molecule has 0 atom stereocenters. The molecule has 0 saturated heterocycles. The maximum Gasteiger partial charge on any atom is 0.414 e. The van der Waals surface area contributed by atoms with Gasteiger partial charge in [-0.1, -0.05) is 19.9 Å². The molecule has 0 fully saturated rings. The second-order valence-corrected chi connectivity index (χ2v) is 4.18. The molecule has 0 unspecified atom stereocenters. The van der Waals surface area contributed by atoms with Crippen LogP contribution in [0.5, 0.6) is 0 Å². The lowest BCUT2D eigenvalue weighted by molar-refractivity contribution is -0.159. The van der Waals surface area contributed by atoms with Crippen LogP contribution in [0.15, 0.2) is 24.5 Å². The first-order valence-corrected chi connectivity index (χ1v) is 6.79. The van der Waals surface area contributed by atoms with Gasteiger partial charge in [0.05, 0.1) is 0 Å². The molecule has 0 aliphatic rings. The van der Waals surface area contributed by atoms with Gasteiger partial charge in [-0.2, -0.15) is 0 Å². The fraction of sp³-hybridized carbons (Fsp3) is 0.500. The van der Waals surface area contributed by atoms with Crippen LogP contribution in [0, 0.1) is 0 Å². The third-order valence-corrected chi connectivity index (χ3v) is 2.73. The van der Waals surface area contributed by atoms with E-state index in [1.807, 2.05) is 12.3 Å². The Morgan fingerprint density at radius 2 is 1.86 bits per heavy atom. The Labute approximate surface area is 124 Å². The fourth-order valence-electron chi connectivity index (χ4n) is 1.51. The first-order valence-electron chi connectivity index (χ1n) is 6.79. The number of aromatic nitrogens is 1. The van der Waals surface area contributed by atoms with Crippen LogP contribution in [-0.2, 0) is 16.1 Å². The number of hydrogen-bond acceptors (Lipinski definition) is 5. The summed E-state index contributed by atoms with van der Waals surface area (Å²) in [5.41, 5.74) is 1.25. The van der Waals surface area contributed by atoms with Crippen LogP contribution in [0.3, 0.4) is 0 Å². The molecule has 7 heteroatoms. The van der Waals surface area contributed by atoms with Crippen LogP contribution in [0.2, 0.25) is 0 Å². The molecule has 1 aromatic rings. The summed E-state index contributed by atoms with van der Waals surface area (Å²) in [7, 11) is 0. The highest BCUT2D eigenvalue weighted by molar-refractivity contribution is 6.27. The van der Waals surface area contributed by atoms with Crippen molar-refractivity contribution < 1.29 is 19.8 Å². The molecule has 0 aromatic carbocycles. The van der Waals surface area contributed by atoms with Crippen molar-refractivity contribution in [1.29, 1.82) is 0 Å². The highest BCUT2D eigenvalue weighted by atomic mass is 16.4. The molecule has 1 aromatic heterocycles. The van der Waals surface area contributed by atoms with E-state index in [1.165, 1.54) is 5.56 Å². The highest BCUT2D eigenvalue weighted by Gasteiger charge is 2.04. The van der Waals surface area contributed by atoms with Crippen molar-refractivity contribution >= 4 is 11.9 Å². The van der Waals surface area contributed by atoms with Crippen LogP contribution < -0.4 is 5.32 Å². The third kappa shape index (κ3) is 10.5. The van der Waals surface area contributed by atoms with Crippen molar-refractivity contribution in [3.63, 3.8) is 0 Å². The minimum absolute atomic E-state index is 0.912. The van der Waals surface area contributed by atoms with Gasteiger partial charge < -0.3 is 20.4 Å². The van der Waals surface area contributed by atoms with Gasteiger partial charge in [-0.05, 0) is 24.7 Å². The van der Waals surface area contributed by atoms with Gasteiger partial charge in [0.1, 0.15) is 0 Å². The van der Waals surface area contributed by atoms with Crippen molar-refractivity contribution in [2.75, 3.05) is 26.2 Å². The molecule has 118 valence electrons. The molecule has 0 saturated carbocycles. The number of carbonyl (C=O) groups is 2. The van der Waals surface area contributed by atoms with Gasteiger partial charge in [-0.3, -0.25) is 4.98 Å². The number of nitrogens with zero attached hydrogens (tertiary/aromatic N) is 2. The van der Waals surface area contributed by atoms with Crippen LogP contribution >= 0.6 is 0 Å². The molecule has 0 spiro atoms. The number of hydrogen-bond donors (Lipinski definition) is 3. The number of rotatable bonds is 7. The molecule has 1 rings (SSSR count). The SMILES string of the molecule is CCN(CC)CCNCc1cccnc1.O=C(O)C(=O)O. The smallest absolute Gasteiger partial charge is 0.414 e. The summed E-state index contributed by atoms with van der Waals surface area (Å²) in [4.78, 5) is 24.7. The zero-order chi connectivity index (χ0) is 16.1. The van der Waals surface area contributed by atoms with Crippen molar-refractivity contribution in [3.05, 3.63) is 30.1 Å². The molecule has 7 nitrogen and oxygen atoms in total. The molecule has 0 amide bonds. The summed E-state index contributed by atoms with van der Waals surface area (Å²) < 4.78 is 0. The number of aliphatic carboxylic acids is 2. The summed E-state index contributed by atoms with van der Waals surface area (Å²) in [6, 6.07) is 4.07. The Morgan fingerprint density at radius 1 is 1.24 bits per heavy atom. The summed E-state index contributed by atoms with van der Waals surface area (Å²) in [6.45, 7) is 9.73. The van der Waals surface area contributed by atoms with Gasteiger partial charge in [-0.25, -0.2) is 9.59 Å². The van der Waals surface area contributed by atoms with Crippen LogP contribution in [0.25, 0.3) is 0 Å². The highest BCUT2D eigenvalue weighted by Crippen LogP contribution is 1.94. The van der Waals surface area contributed by atoms with Crippen LogP contribution in [-0.4, -0.2) is 58.2 Å². The topological polar surface area (TPSA) is 103 Å². The van der Waals surface area contributed by atoms with E-state index in [-0.39, 0.29) is 0 Å². The molecule has 0 aliphatic carbocycles. The predicted molar refractivity (Wildman–Crippen MR) is 79.0 cm³/mol. The average Bonchev–Trinajstić information content (AvgIpc) is 2.49. The molecular weight excluding hydrogens is 274 g/mol. The van der Waals surface area contributed by atoms with E-state index in [1.54, 1.807) is 6.20 Å². The second-order valence-electron chi connectivity index (χ2n) is 4.18. The summed E-state index contributed by atoms with van der Waals surface area (Å²) in [5, 5.41) is 18.2. The first-order chi connectivity index (χ1) is 10.0. The lowest BCUT2D eigenvalue weighted by Gasteiger charge is -2.17. The maximum atomic E-state index is 9.10. The van der Waals surface area contributed by atoms with E-state index in [2.05, 4.69) is 35.1 Å². The Kier molecular flexibility index (Phi) is 10.7. The summed E-state index contributed by atoms with van der Waals surface area (Å²) in [6.07, 6.45) is 3.71. The van der Waals surface area contributed by atoms with Gasteiger partial charge >= 0.3 is 11.9 Å². The zero-order valence-corrected chi connectivity index (χ0v) is 12.5. The number of carboxylic acids is 2. The molecule has 21 heavy (non-hydrogen) atoms. The first kappa shape index (κ1) is 19.0. The lowest BCUT2D eigenvalue weighted by Crippen LogP contribution is -2.31. The largest absolute Gasteiger partial charge is 0.473 e. The molecule has 0 radical (unpaired) electrons. The van der Waals surface area contributed by atoms with Crippen LogP contribution in [0.4, 0.5) is 0 Å². The Balaban J connectivity index is 0.000000567. The van der Waals surface area contributed by atoms with Crippen molar-refractivity contribution in [2.24, 2.45) is 0 Å². The van der Waals surface area contributed by atoms with Gasteiger partial charge in [-0.15, -0.1) is 0 Å². The number of likely N-dealkylation sites (N-methyl/N-ethyl adjacent to an activating group) is 1. The fourth-order valence-corrected chi connectivity index (χ4v) is 1.51. The Bertz CT molecular complexity index is 396. The van der Waals surface area contributed by atoms with Crippen molar-refractivity contribution in [1.82, 2.24) is 15.2 Å². The average molecular weight is 297 g/mol. The van der Waals surface area contributed by atoms with E-state index in [9.17, 15) is 0 Å². The van der Waals surface area contributed by atoms with Gasteiger partial charge in [0, 0.05) is 32.0 Å². The molecule has 1 heterocycles. The standard InChI is InChI=1S/C12H21N3.C2H2O4/c1-3-15(4-2)9-8-14-11-12-6-5-7-13-10-12;3-1(4)2(5)6/h5-7,10,14H,3-4,8-9,11H2,1-2H3;(H,3,4)(H,5,6). The van der Waals surface area contributed by atoms with Crippen LogP contribution in [0.1, 0.15) is 19.4 Å². The van der Waals surface area contributed by atoms with Crippen molar-refractivity contribution in [3.8, 4) is 0 Å². The summed E-state index contributed by atoms with van der Waals surface area (Å²) >= 11 is 0. The molecule has 3 N–H and O–H groups in total. The predicted octanol–water partition coefficient (Wildman–Crippen LogP) is 0.669. The van der Waals surface area contributed by atoms with E-state index < -0.39 is 11.9 Å². The zero-order valence-electron chi connectivity index (χ0n) is 12.5. The monoisotopic (exact) mass is 297 g/mol. The van der Waals surface area contributed by atoms with E-state index in [0.717, 1.165) is 32.7 Å². The normalized spacial score (nSPS) is 9.86. The number of carboxylic acid groups (broad SMARTS) is 2. The van der Waals surface area contributed by atoms with E-state index in [4.69, 9.17) is 19.8 Å². The third-order valence-electron chi connectivity index (χ3n) is 2.73. The summed E-state index contributed by atoms with van der Waals surface area (Å²) in [5.74, 6) is -3.65. The Hall–Kier alpha value is -1.99. The molecule has 0 aliphatic heterocycles. The molecule has 0 bridgehead atoms. The molecular formula is C14H23N3O4. The van der Waals surface area contributed by atoms with Gasteiger partial charge in [0.25, 0.3) is 0 Å². The minimum Gasteiger partial charge on any atom is -0.473 e. The van der Waals surface area contributed by atoms with Crippen molar-refractivity contribution in [2.45, 2.75) is 20.4 Å². The second kappa shape index (κ2) is 11.8. The Morgan fingerprint density at radius 3 is 2.29 bits per heavy atom. The van der Waals surface area contributed by atoms with E-state index in [0.29, 0.717) is 0 Å². The minimum atomic E-state index is -1.82.